The van der Waals surface area contributed by atoms with Gasteiger partial charge in [-0.05, 0) is 61.7 Å². The van der Waals surface area contributed by atoms with E-state index in [-0.39, 0.29) is 24.3 Å². The van der Waals surface area contributed by atoms with E-state index in [9.17, 15) is 18.7 Å². The van der Waals surface area contributed by atoms with E-state index in [0.29, 0.717) is 18.4 Å². The molecule has 1 aliphatic rings. The molecule has 2 N–H and O–H groups in total. The number of likely N-dealkylation sites (tertiary alicyclic amines) is 1. The van der Waals surface area contributed by atoms with Crippen molar-refractivity contribution in [2.75, 3.05) is 18.4 Å². The van der Waals surface area contributed by atoms with Gasteiger partial charge in [0, 0.05) is 24.3 Å². The third-order valence-corrected chi connectivity index (χ3v) is 5.19. The highest BCUT2D eigenvalue weighted by Crippen LogP contribution is 2.39. The standard InChI is InChI=1S/C22H22F4N2O2/c1-13-11-16(4-6-19(13)23)27-21(30)15-3-5-20(24)18(12-15)22(25,26)14(2)28-9-7-17(29)8-10-28/h3-6,11-12,17,29H,2,7-10H2,1H3,(H,27,30). The number of halogens is 4. The lowest BCUT2D eigenvalue weighted by Gasteiger charge is -2.36. The fourth-order valence-corrected chi connectivity index (χ4v) is 3.32. The number of hydrogen-bond acceptors (Lipinski definition) is 3. The minimum Gasteiger partial charge on any atom is -0.393 e. The number of carbonyl (C=O) groups is 1. The largest absolute Gasteiger partial charge is 0.393 e. The topological polar surface area (TPSA) is 52.6 Å². The van der Waals surface area contributed by atoms with Crippen LogP contribution in [0.5, 0.6) is 0 Å². The van der Waals surface area contributed by atoms with Crippen molar-refractivity contribution in [2.24, 2.45) is 0 Å². The van der Waals surface area contributed by atoms with Gasteiger partial charge in [-0.3, -0.25) is 4.79 Å². The molecule has 0 atom stereocenters. The lowest BCUT2D eigenvalue weighted by molar-refractivity contribution is -0.00882. The molecule has 1 fully saturated rings. The van der Waals surface area contributed by atoms with Crippen molar-refractivity contribution in [1.82, 2.24) is 4.90 Å². The van der Waals surface area contributed by atoms with Gasteiger partial charge in [0.2, 0.25) is 0 Å². The van der Waals surface area contributed by atoms with Gasteiger partial charge in [0.15, 0.2) is 0 Å². The number of nitrogens with one attached hydrogen (secondary N) is 1. The molecule has 1 aliphatic heterocycles. The number of amides is 1. The van der Waals surface area contributed by atoms with Gasteiger partial charge in [-0.15, -0.1) is 0 Å². The zero-order valence-electron chi connectivity index (χ0n) is 16.4. The van der Waals surface area contributed by atoms with Crippen molar-refractivity contribution in [3.8, 4) is 0 Å². The summed E-state index contributed by atoms with van der Waals surface area (Å²) in [6.07, 6.45) is 0.0790. The highest BCUT2D eigenvalue weighted by atomic mass is 19.3. The zero-order valence-corrected chi connectivity index (χ0v) is 16.4. The SMILES string of the molecule is C=C(N1CCC(O)CC1)C(F)(F)c1cc(C(=O)Nc2ccc(F)c(C)c2)ccc1F. The summed E-state index contributed by atoms with van der Waals surface area (Å²) < 4.78 is 57.7. The van der Waals surface area contributed by atoms with Crippen LogP contribution in [0.4, 0.5) is 23.2 Å². The second-order valence-corrected chi connectivity index (χ2v) is 7.35. The lowest BCUT2D eigenvalue weighted by Crippen LogP contribution is -2.40. The van der Waals surface area contributed by atoms with Crippen molar-refractivity contribution in [3.05, 3.63) is 77.0 Å². The third kappa shape index (κ3) is 4.48. The highest BCUT2D eigenvalue weighted by Gasteiger charge is 2.41. The molecule has 0 radical (unpaired) electrons. The summed E-state index contributed by atoms with van der Waals surface area (Å²) in [4.78, 5) is 13.8. The fraction of sp³-hybridized carbons (Fsp3) is 0.318. The van der Waals surface area contributed by atoms with Gasteiger partial charge in [-0.1, -0.05) is 6.58 Å². The van der Waals surface area contributed by atoms with Crippen LogP contribution < -0.4 is 5.32 Å². The molecule has 2 aromatic rings. The first kappa shape index (κ1) is 21.8. The van der Waals surface area contributed by atoms with E-state index in [1.165, 1.54) is 30.0 Å². The van der Waals surface area contributed by atoms with Crippen molar-refractivity contribution in [1.29, 1.82) is 0 Å². The Morgan fingerprint density at radius 2 is 1.77 bits per heavy atom. The number of hydrogen-bond donors (Lipinski definition) is 2. The Kier molecular flexibility index (Phi) is 6.17. The molecule has 160 valence electrons. The smallest absolute Gasteiger partial charge is 0.314 e. The average molecular weight is 422 g/mol. The number of piperidine rings is 1. The van der Waals surface area contributed by atoms with E-state index >= 15 is 8.78 Å². The quantitative estimate of drug-likeness (QED) is 0.694. The van der Waals surface area contributed by atoms with Crippen LogP contribution in [0, 0.1) is 18.6 Å². The van der Waals surface area contributed by atoms with Crippen LogP contribution in [-0.4, -0.2) is 35.1 Å². The van der Waals surface area contributed by atoms with Crippen molar-refractivity contribution in [3.63, 3.8) is 0 Å². The molecular formula is C22H22F4N2O2. The third-order valence-electron chi connectivity index (χ3n) is 5.19. The van der Waals surface area contributed by atoms with E-state index in [0.717, 1.165) is 18.2 Å². The number of benzene rings is 2. The molecule has 8 heteroatoms. The summed E-state index contributed by atoms with van der Waals surface area (Å²) in [5, 5.41) is 12.0. The molecule has 1 amide bonds. The number of aliphatic hydroxyl groups excluding tert-OH is 1. The molecule has 0 aromatic heterocycles. The molecule has 0 aliphatic carbocycles. The van der Waals surface area contributed by atoms with E-state index < -0.39 is 40.8 Å². The van der Waals surface area contributed by atoms with E-state index in [2.05, 4.69) is 11.9 Å². The molecule has 0 saturated carbocycles. The lowest BCUT2D eigenvalue weighted by atomic mass is 9.99. The number of allylic oxidation sites excluding steroid dienone is 1. The normalized spacial score (nSPS) is 15.2. The van der Waals surface area contributed by atoms with Crippen LogP contribution in [0.2, 0.25) is 0 Å². The molecule has 4 nitrogen and oxygen atoms in total. The minimum atomic E-state index is -3.74. The molecular weight excluding hydrogens is 400 g/mol. The molecule has 1 heterocycles. The first-order valence-electron chi connectivity index (χ1n) is 9.47. The Morgan fingerprint density at radius 3 is 2.40 bits per heavy atom. The number of carbonyl (C=O) groups excluding carboxylic acids is 1. The first-order valence-corrected chi connectivity index (χ1v) is 9.47. The Labute approximate surface area is 171 Å². The van der Waals surface area contributed by atoms with Gasteiger partial charge in [-0.2, -0.15) is 8.78 Å². The Morgan fingerprint density at radius 1 is 1.13 bits per heavy atom. The predicted molar refractivity (Wildman–Crippen MR) is 105 cm³/mol. The number of alkyl halides is 2. The second kappa shape index (κ2) is 8.47. The fourth-order valence-electron chi connectivity index (χ4n) is 3.32. The molecule has 0 spiro atoms. The maximum Gasteiger partial charge on any atom is 0.314 e. The van der Waals surface area contributed by atoms with Crippen LogP contribution >= 0.6 is 0 Å². The van der Waals surface area contributed by atoms with Crippen LogP contribution in [-0.2, 0) is 5.92 Å². The van der Waals surface area contributed by atoms with Gasteiger partial charge >= 0.3 is 5.92 Å². The molecule has 0 bridgehead atoms. The Balaban J connectivity index is 1.83. The van der Waals surface area contributed by atoms with E-state index in [4.69, 9.17) is 0 Å². The van der Waals surface area contributed by atoms with Gasteiger partial charge in [0.1, 0.15) is 11.6 Å². The maximum atomic E-state index is 15.0. The number of aliphatic hydroxyl groups is 1. The zero-order chi connectivity index (χ0) is 22.1. The minimum absolute atomic E-state index is 0.171. The summed E-state index contributed by atoms with van der Waals surface area (Å²) in [6, 6.07) is 6.62. The number of rotatable bonds is 5. The predicted octanol–water partition coefficient (Wildman–Crippen LogP) is 4.59. The Bertz CT molecular complexity index is 970. The monoisotopic (exact) mass is 422 g/mol. The summed E-state index contributed by atoms with van der Waals surface area (Å²) >= 11 is 0. The summed E-state index contributed by atoms with van der Waals surface area (Å²) in [6.45, 7) is 5.33. The van der Waals surface area contributed by atoms with E-state index in [1.807, 2.05) is 0 Å². The molecule has 3 rings (SSSR count). The van der Waals surface area contributed by atoms with Crippen molar-refractivity contribution < 1.29 is 27.5 Å². The Hall–Kier alpha value is -2.87. The van der Waals surface area contributed by atoms with Crippen molar-refractivity contribution in [2.45, 2.75) is 31.8 Å². The average Bonchev–Trinajstić information content (AvgIpc) is 2.71. The number of aryl methyl sites for hydroxylation is 1. The summed E-state index contributed by atoms with van der Waals surface area (Å²) in [7, 11) is 0. The van der Waals surface area contributed by atoms with Gasteiger partial charge < -0.3 is 15.3 Å². The highest BCUT2D eigenvalue weighted by molar-refractivity contribution is 6.04. The molecule has 0 unspecified atom stereocenters. The van der Waals surface area contributed by atoms with Crippen LogP contribution in [0.3, 0.4) is 0 Å². The van der Waals surface area contributed by atoms with Gasteiger partial charge in [0.05, 0.1) is 17.4 Å². The van der Waals surface area contributed by atoms with Crippen LogP contribution in [0.1, 0.15) is 34.3 Å². The molecule has 1 saturated heterocycles. The second-order valence-electron chi connectivity index (χ2n) is 7.35. The molecule has 30 heavy (non-hydrogen) atoms. The van der Waals surface area contributed by atoms with Gasteiger partial charge in [-0.25, -0.2) is 8.78 Å². The van der Waals surface area contributed by atoms with Crippen LogP contribution in [0.15, 0.2) is 48.7 Å². The maximum absolute atomic E-state index is 15.0. The summed E-state index contributed by atoms with van der Waals surface area (Å²) in [5.41, 5.74) is -1.12. The van der Waals surface area contributed by atoms with Crippen LogP contribution in [0.25, 0.3) is 0 Å². The molecule has 2 aromatic carbocycles. The van der Waals surface area contributed by atoms with Crippen molar-refractivity contribution >= 4 is 11.6 Å². The van der Waals surface area contributed by atoms with Gasteiger partial charge in [0.25, 0.3) is 5.91 Å². The first-order chi connectivity index (χ1) is 14.1. The number of nitrogens with zero attached hydrogens (tertiary/aromatic N) is 1. The summed E-state index contributed by atoms with van der Waals surface area (Å²) in [5.74, 6) is -6.08. The van der Waals surface area contributed by atoms with E-state index in [1.54, 1.807) is 0 Å². The number of anilines is 1.